The van der Waals surface area contributed by atoms with E-state index in [2.05, 4.69) is 28.7 Å². The Bertz CT molecular complexity index is 239. The summed E-state index contributed by atoms with van der Waals surface area (Å²) in [7, 11) is 0. The first-order chi connectivity index (χ1) is 7.43. The highest BCUT2D eigenvalue weighted by Gasteiger charge is 1.91. The van der Waals surface area contributed by atoms with E-state index in [0.717, 1.165) is 13.1 Å². The maximum absolute atomic E-state index is 3.99. The van der Waals surface area contributed by atoms with Crippen molar-refractivity contribution in [3.8, 4) is 0 Å². The molecule has 84 valence electrons. The van der Waals surface area contributed by atoms with Gasteiger partial charge in [0.15, 0.2) is 0 Å². The van der Waals surface area contributed by atoms with E-state index >= 15 is 0 Å². The second-order valence-electron chi connectivity index (χ2n) is 3.59. The molecular formula is C12H20N2S. The largest absolute Gasteiger partial charge is 0.313 e. The van der Waals surface area contributed by atoms with Gasteiger partial charge in [-0.2, -0.15) is 11.8 Å². The molecule has 0 fully saturated rings. The van der Waals surface area contributed by atoms with Crippen LogP contribution in [0.2, 0.25) is 0 Å². The minimum Gasteiger partial charge on any atom is -0.313 e. The Morgan fingerprint density at radius 3 is 2.73 bits per heavy atom. The van der Waals surface area contributed by atoms with Gasteiger partial charge >= 0.3 is 0 Å². The highest BCUT2D eigenvalue weighted by molar-refractivity contribution is 7.98. The number of pyridine rings is 1. The van der Waals surface area contributed by atoms with Crippen molar-refractivity contribution in [1.29, 1.82) is 0 Å². The number of rotatable bonds is 8. The van der Waals surface area contributed by atoms with Crippen molar-refractivity contribution < 1.29 is 0 Å². The monoisotopic (exact) mass is 224 g/mol. The third-order valence-corrected chi connectivity index (χ3v) is 2.98. The lowest BCUT2D eigenvalue weighted by atomic mass is 10.2. The van der Waals surface area contributed by atoms with Gasteiger partial charge in [0, 0.05) is 18.9 Å². The van der Waals surface area contributed by atoms with Crippen LogP contribution in [0.1, 0.15) is 24.8 Å². The van der Waals surface area contributed by atoms with Crippen LogP contribution in [0.3, 0.4) is 0 Å². The van der Waals surface area contributed by atoms with Crippen molar-refractivity contribution in [1.82, 2.24) is 10.3 Å². The predicted molar refractivity (Wildman–Crippen MR) is 68.2 cm³/mol. The summed E-state index contributed by atoms with van der Waals surface area (Å²) in [5.41, 5.74) is 1.31. The standard InChI is InChI=1S/C12H20N2S/c1-15-10-4-2-3-7-14-11-12-5-8-13-9-6-12/h5-6,8-9,14H,2-4,7,10-11H2,1H3. The molecule has 0 radical (unpaired) electrons. The molecule has 0 atom stereocenters. The summed E-state index contributed by atoms with van der Waals surface area (Å²) in [4.78, 5) is 3.99. The summed E-state index contributed by atoms with van der Waals surface area (Å²) >= 11 is 1.93. The Hall–Kier alpha value is -0.540. The Labute approximate surface area is 96.9 Å². The fraction of sp³-hybridized carbons (Fsp3) is 0.583. The number of nitrogens with one attached hydrogen (secondary N) is 1. The average molecular weight is 224 g/mol. The number of thioether (sulfide) groups is 1. The Morgan fingerprint density at radius 1 is 1.20 bits per heavy atom. The summed E-state index contributed by atoms with van der Waals surface area (Å²) in [6.07, 6.45) is 9.82. The summed E-state index contributed by atoms with van der Waals surface area (Å²) in [5, 5.41) is 3.44. The first-order valence-corrected chi connectivity index (χ1v) is 6.91. The molecule has 0 amide bonds. The van der Waals surface area contributed by atoms with Gasteiger partial charge in [0.25, 0.3) is 0 Å². The molecule has 0 unspecified atom stereocenters. The summed E-state index contributed by atoms with van der Waals surface area (Å²) in [6, 6.07) is 4.11. The molecule has 1 rings (SSSR count). The molecule has 1 heterocycles. The van der Waals surface area contributed by atoms with E-state index in [1.54, 1.807) is 0 Å². The van der Waals surface area contributed by atoms with Crippen LogP contribution in [0.5, 0.6) is 0 Å². The summed E-state index contributed by atoms with van der Waals surface area (Å²) < 4.78 is 0. The van der Waals surface area contributed by atoms with Crippen LogP contribution in [-0.2, 0) is 6.54 Å². The molecule has 0 aliphatic rings. The van der Waals surface area contributed by atoms with Crippen molar-refractivity contribution in [3.63, 3.8) is 0 Å². The van der Waals surface area contributed by atoms with Crippen molar-refractivity contribution in [3.05, 3.63) is 30.1 Å². The van der Waals surface area contributed by atoms with Gasteiger partial charge in [-0.1, -0.05) is 6.42 Å². The molecule has 2 nitrogen and oxygen atoms in total. The van der Waals surface area contributed by atoms with Crippen molar-refractivity contribution >= 4 is 11.8 Å². The lowest BCUT2D eigenvalue weighted by molar-refractivity contribution is 0.618. The highest BCUT2D eigenvalue weighted by atomic mass is 32.2. The number of hydrogen-bond acceptors (Lipinski definition) is 3. The van der Waals surface area contributed by atoms with Gasteiger partial charge in [-0.15, -0.1) is 0 Å². The zero-order chi connectivity index (χ0) is 10.8. The third-order valence-electron chi connectivity index (χ3n) is 2.28. The maximum Gasteiger partial charge on any atom is 0.0271 e. The fourth-order valence-corrected chi connectivity index (χ4v) is 1.90. The lowest BCUT2D eigenvalue weighted by Crippen LogP contribution is -2.14. The number of aromatic nitrogens is 1. The van der Waals surface area contributed by atoms with E-state index in [1.807, 2.05) is 24.2 Å². The van der Waals surface area contributed by atoms with E-state index in [1.165, 1.54) is 30.6 Å². The van der Waals surface area contributed by atoms with E-state index in [-0.39, 0.29) is 0 Å². The second kappa shape index (κ2) is 8.74. The molecule has 3 heteroatoms. The smallest absolute Gasteiger partial charge is 0.0271 e. The average Bonchev–Trinajstić information content (AvgIpc) is 2.29. The van der Waals surface area contributed by atoms with Crippen LogP contribution >= 0.6 is 11.8 Å². The molecule has 0 spiro atoms. The van der Waals surface area contributed by atoms with Gasteiger partial charge in [0.2, 0.25) is 0 Å². The molecule has 0 aliphatic heterocycles. The Balaban J connectivity index is 1.93. The minimum absolute atomic E-state index is 0.963. The zero-order valence-electron chi connectivity index (χ0n) is 9.41. The molecule has 1 aromatic rings. The normalized spacial score (nSPS) is 10.5. The Kier molecular flexibility index (Phi) is 7.30. The van der Waals surface area contributed by atoms with E-state index < -0.39 is 0 Å². The molecule has 1 N–H and O–H groups in total. The SMILES string of the molecule is CSCCCCCNCc1ccncc1. The first-order valence-electron chi connectivity index (χ1n) is 5.52. The molecule has 0 aromatic carbocycles. The molecule has 0 bridgehead atoms. The van der Waals surface area contributed by atoms with Gasteiger partial charge in [-0.25, -0.2) is 0 Å². The highest BCUT2D eigenvalue weighted by Crippen LogP contribution is 2.01. The van der Waals surface area contributed by atoms with Crippen molar-refractivity contribution in [2.45, 2.75) is 25.8 Å². The third kappa shape index (κ3) is 6.52. The van der Waals surface area contributed by atoms with E-state index in [9.17, 15) is 0 Å². The van der Waals surface area contributed by atoms with Gasteiger partial charge in [0.1, 0.15) is 0 Å². The summed E-state index contributed by atoms with van der Waals surface area (Å²) in [5.74, 6) is 1.30. The molecule has 15 heavy (non-hydrogen) atoms. The number of nitrogens with zero attached hydrogens (tertiary/aromatic N) is 1. The quantitative estimate of drug-likeness (QED) is 0.687. The van der Waals surface area contributed by atoms with E-state index in [4.69, 9.17) is 0 Å². The predicted octanol–water partition coefficient (Wildman–Crippen LogP) is 2.70. The van der Waals surface area contributed by atoms with Crippen LogP contribution in [0.15, 0.2) is 24.5 Å². The van der Waals surface area contributed by atoms with Gasteiger partial charge in [-0.05, 0) is 49.1 Å². The molecule has 0 saturated heterocycles. The Morgan fingerprint density at radius 2 is 2.00 bits per heavy atom. The summed E-state index contributed by atoms with van der Waals surface area (Å²) in [6.45, 7) is 2.09. The van der Waals surface area contributed by atoms with Gasteiger partial charge in [0.05, 0.1) is 0 Å². The zero-order valence-corrected chi connectivity index (χ0v) is 10.2. The van der Waals surface area contributed by atoms with E-state index in [0.29, 0.717) is 0 Å². The maximum atomic E-state index is 3.99. The molecule has 1 aromatic heterocycles. The van der Waals surface area contributed by atoms with Crippen molar-refractivity contribution in [2.24, 2.45) is 0 Å². The van der Waals surface area contributed by atoms with Crippen LogP contribution < -0.4 is 5.32 Å². The van der Waals surface area contributed by atoms with Gasteiger partial charge in [-0.3, -0.25) is 4.98 Å². The minimum atomic E-state index is 0.963. The van der Waals surface area contributed by atoms with Crippen LogP contribution in [-0.4, -0.2) is 23.5 Å². The van der Waals surface area contributed by atoms with Crippen LogP contribution in [0.25, 0.3) is 0 Å². The van der Waals surface area contributed by atoms with Crippen LogP contribution in [0.4, 0.5) is 0 Å². The first kappa shape index (κ1) is 12.5. The molecular weight excluding hydrogens is 204 g/mol. The molecule has 0 aliphatic carbocycles. The lowest BCUT2D eigenvalue weighted by Gasteiger charge is -2.04. The van der Waals surface area contributed by atoms with Crippen molar-refractivity contribution in [2.75, 3.05) is 18.6 Å². The fourth-order valence-electron chi connectivity index (χ4n) is 1.41. The van der Waals surface area contributed by atoms with Crippen LogP contribution in [0, 0.1) is 0 Å². The second-order valence-corrected chi connectivity index (χ2v) is 4.57. The topological polar surface area (TPSA) is 24.9 Å². The number of hydrogen-bond donors (Lipinski definition) is 1. The number of unbranched alkanes of at least 4 members (excludes halogenated alkanes) is 2. The van der Waals surface area contributed by atoms with Gasteiger partial charge < -0.3 is 5.32 Å². The molecule has 0 saturated carbocycles.